The summed E-state index contributed by atoms with van der Waals surface area (Å²) in [6.45, 7) is 0. The lowest BCUT2D eigenvalue weighted by Crippen LogP contribution is -1.89. The van der Waals surface area contributed by atoms with Gasteiger partial charge in [0, 0.05) is 38.5 Å². The molecule has 0 aliphatic heterocycles. The molecule has 0 saturated carbocycles. The molecule has 4 aromatic carbocycles. The molecule has 8 rings (SSSR count). The van der Waals surface area contributed by atoms with Crippen LogP contribution in [0.1, 0.15) is 0 Å². The third-order valence-electron chi connectivity index (χ3n) is 6.70. The van der Waals surface area contributed by atoms with Gasteiger partial charge in [0.05, 0.1) is 22.3 Å². The summed E-state index contributed by atoms with van der Waals surface area (Å²) in [6, 6.07) is 30.8. The number of para-hydroxylation sites is 2. The Morgan fingerprint density at radius 2 is 1.15 bits per heavy atom. The number of fused-ring (bicyclic) bond motifs is 9. The number of hydrogen-bond donors (Lipinski definition) is 0. The van der Waals surface area contributed by atoms with Crippen molar-refractivity contribution in [2.45, 2.75) is 0 Å². The third-order valence-corrected chi connectivity index (χ3v) is 6.70. The molecule has 4 heterocycles. The molecule has 0 N–H and O–H groups in total. The predicted octanol–water partition coefficient (Wildman–Crippen LogP) is 8.25. The number of pyridine rings is 2. The average molecular weight is 436 g/mol. The van der Waals surface area contributed by atoms with Crippen molar-refractivity contribution in [2.75, 3.05) is 0 Å². The SMILES string of the molecule is c1cnc2c(c1)ccc1ccc(-c3c4oc5ccccc5c4cc4c3oc3ccccc34)nc12. The van der Waals surface area contributed by atoms with Gasteiger partial charge < -0.3 is 8.83 Å². The van der Waals surface area contributed by atoms with E-state index < -0.39 is 0 Å². The predicted molar refractivity (Wildman–Crippen MR) is 137 cm³/mol. The summed E-state index contributed by atoms with van der Waals surface area (Å²) in [5, 5.41) is 6.39. The molecule has 0 aliphatic carbocycles. The summed E-state index contributed by atoms with van der Waals surface area (Å²) >= 11 is 0. The number of furan rings is 2. The molecule has 0 saturated heterocycles. The smallest absolute Gasteiger partial charge is 0.148 e. The van der Waals surface area contributed by atoms with E-state index in [4.69, 9.17) is 13.8 Å². The number of nitrogens with zero attached hydrogens (tertiary/aromatic N) is 2. The first-order chi connectivity index (χ1) is 16.8. The summed E-state index contributed by atoms with van der Waals surface area (Å²) < 4.78 is 12.9. The first kappa shape index (κ1) is 17.8. The highest BCUT2D eigenvalue weighted by atomic mass is 16.3. The van der Waals surface area contributed by atoms with Crippen LogP contribution in [0.3, 0.4) is 0 Å². The molecule has 0 atom stereocenters. The number of hydrogen-bond acceptors (Lipinski definition) is 4. The molecular formula is C30H16N2O2. The Hall–Kier alpha value is -4.70. The molecule has 4 nitrogen and oxygen atoms in total. The van der Waals surface area contributed by atoms with Crippen LogP contribution in [-0.2, 0) is 0 Å². The minimum absolute atomic E-state index is 0.785. The first-order valence-corrected chi connectivity index (χ1v) is 11.3. The fraction of sp³-hybridized carbons (Fsp3) is 0. The molecule has 8 aromatic rings. The van der Waals surface area contributed by atoms with Crippen molar-refractivity contribution < 1.29 is 8.83 Å². The topological polar surface area (TPSA) is 52.1 Å². The van der Waals surface area contributed by atoms with E-state index in [0.29, 0.717) is 0 Å². The van der Waals surface area contributed by atoms with Gasteiger partial charge in [-0.3, -0.25) is 4.98 Å². The summed E-state index contributed by atoms with van der Waals surface area (Å²) in [7, 11) is 0. The van der Waals surface area contributed by atoms with Crippen LogP contribution in [0, 0.1) is 0 Å². The molecule has 0 unspecified atom stereocenters. The normalized spacial score (nSPS) is 12.1. The molecule has 158 valence electrons. The standard InChI is InChI=1S/C30H16N2O2/c1-3-9-24-19(7-1)21-16-22-20-8-2-4-10-25(20)34-30(22)26(29(21)33-24)23-14-13-18-12-11-17-6-5-15-31-27(17)28(18)32-23/h1-16H. The zero-order chi connectivity index (χ0) is 22.2. The molecular weight excluding hydrogens is 420 g/mol. The molecule has 0 spiro atoms. The van der Waals surface area contributed by atoms with Gasteiger partial charge in [-0.25, -0.2) is 4.98 Å². The zero-order valence-electron chi connectivity index (χ0n) is 17.9. The molecule has 4 heteroatoms. The van der Waals surface area contributed by atoms with Crippen LogP contribution in [0.4, 0.5) is 0 Å². The van der Waals surface area contributed by atoms with Gasteiger partial charge in [-0.2, -0.15) is 0 Å². The fourth-order valence-corrected chi connectivity index (χ4v) is 5.13. The van der Waals surface area contributed by atoms with E-state index in [2.05, 4.69) is 47.4 Å². The molecule has 0 aliphatic rings. The van der Waals surface area contributed by atoms with Gasteiger partial charge in [-0.05, 0) is 30.3 Å². The van der Waals surface area contributed by atoms with Gasteiger partial charge >= 0.3 is 0 Å². The minimum atomic E-state index is 0.785. The van der Waals surface area contributed by atoms with Crippen LogP contribution in [-0.4, -0.2) is 9.97 Å². The van der Waals surface area contributed by atoms with Gasteiger partial charge in [0.1, 0.15) is 22.3 Å². The highest BCUT2D eigenvalue weighted by Crippen LogP contribution is 2.44. The van der Waals surface area contributed by atoms with Gasteiger partial charge in [-0.1, -0.05) is 60.7 Å². The van der Waals surface area contributed by atoms with Crippen molar-refractivity contribution in [3.63, 3.8) is 0 Å². The average Bonchev–Trinajstić information content (AvgIpc) is 3.45. The van der Waals surface area contributed by atoms with Crippen LogP contribution in [0.5, 0.6) is 0 Å². The quantitative estimate of drug-likeness (QED) is 0.243. The second-order valence-electron chi connectivity index (χ2n) is 8.61. The molecule has 4 aromatic heterocycles. The van der Waals surface area contributed by atoms with Crippen molar-refractivity contribution in [2.24, 2.45) is 0 Å². The zero-order valence-corrected chi connectivity index (χ0v) is 17.9. The molecule has 0 amide bonds. The van der Waals surface area contributed by atoms with Gasteiger partial charge in [0.15, 0.2) is 0 Å². The lowest BCUT2D eigenvalue weighted by atomic mass is 10.0. The first-order valence-electron chi connectivity index (χ1n) is 11.3. The maximum absolute atomic E-state index is 6.43. The van der Waals surface area contributed by atoms with E-state index in [0.717, 1.165) is 76.9 Å². The summed E-state index contributed by atoms with van der Waals surface area (Å²) in [5.41, 5.74) is 6.70. The maximum atomic E-state index is 6.43. The number of benzene rings is 4. The second-order valence-corrected chi connectivity index (χ2v) is 8.61. The van der Waals surface area contributed by atoms with Gasteiger partial charge in [-0.15, -0.1) is 0 Å². The molecule has 0 bridgehead atoms. The lowest BCUT2D eigenvalue weighted by molar-refractivity contribution is 0.658. The van der Waals surface area contributed by atoms with E-state index in [1.807, 2.05) is 54.7 Å². The van der Waals surface area contributed by atoms with Crippen LogP contribution >= 0.6 is 0 Å². The second kappa shape index (κ2) is 6.42. The van der Waals surface area contributed by atoms with Crippen LogP contribution in [0.2, 0.25) is 0 Å². The largest absolute Gasteiger partial charge is 0.455 e. The Morgan fingerprint density at radius 3 is 1.85 bits per heavy atom. The fourth-order valence-electron chi connectivity index (χ4n) is 5.13. The minimum Gasteiger partial charge on any atom is -0.455 e. The van der Waals surface area contributed by atoms with Crippen molar-refractivity contribution in [3.8, 4) is 11.3 Å². The van der Waals surface area contributed by atoms with E-state index in [1.165, 1.54) is 0 Å². The van der Waals surface area contributed by atoms with Crippen LogP contribution in [0.15, 0.2) is 106 Å². The van der Waals surface area contributed by atoms with Crippen LogP contribution in [0.25, 0.3) is 76.9 Å². The maximum Gasteiger partial charge on any atom is 0.148 e. The van der Waals surface area contributed by atoms with Crippen LogP contribution < -0.4 is 0 Å². The summed E-state index contributed by atoms with van der Waals surface area (Å²) in [6.07, 6.45) is 1.81. The summed E-state index contributed by atoms with van der Waals surface area (Å²) in [4.78, 5) is 9.76. The van der Waals surface area contributed by atoms with Gasteiger partial charge in [0.25, 0.3) is 0 Å². The Bertz CT molecular complexity index is 1990. The van der Waals surface area contributed by atoms with Crippen molar-refractivity contribution >= 4 is 65.7 Å². The summed E-state index contributed by atoms with van der Waals surface area (Å²) in [5.74, 6) is 0. The highest BCUT2D eigenvalue weighted by molar-refractivity contribution is 6.22. The lowest BCUT2D eigenvalue weighted by Gasteiger charge is -2.07. The molecule has 34 heavy (non-hydrogen) atoms. The van der Waals surface area contributed by atoms with Crippen molar-refractivity contribution in [1.82, 2.24) is 9.97 Å². The van der Waals surface area contributed by atoms with E-state index >= 15 is 0 Å². The molecule has 0 radical (unpaired) electrons. The van der Waals surface area contributed by atoms with Crippen molar-refractivity contribution in [1.29, 1.82) is 0 Å². The van der Waals surface area contributed by atoms with Gasteiger partial charge in [0.2, 0.25) is 0 Å². The van der Waals surface area contributed by atoms with Crippen molar-refractivity contribution in [3.05, 3.63) is 97.2 Å². The Morgan fingerprint density at radius 1 is 0.529 bits per heavy atom. The highest BCUT2D eigenvalue weighted by Gasteiger charge is 2.22. The van der Waals surface area contributed by atoms with E-state index in [-0.39, 0.29) is 0 Å². The van der Waals surface area contributed by atoms with E-state index in [9.17, 15) is 0 Å². The number of aromatic nitrogens is 2. The third kappa shape index (κ3) is 2.32. The molecule has 0 fully saturated rings. The monoisotopic (exact) mass is 436 g/mol. The van der Waals surface area contributed by atoms with E-state index in [1.54, 1.807) is 0 Å². The number of rotatable bonds is 1. The Labute approximate surface area is 193 Å². The Balaban J connectivity index is 1.58. The Kier molecular flexibility index (Phi) is 3.36.